The number of aryl methyl sites for hydroxylation is 1. The summed E-state index contributed by atoms with van der Waals surface area (Å²) in [7, 11) is 0. The number of nitrogens with one attached hydrogen (secondary N) is 2. The fourth-order valence-electron chi connectivity index (χ4n) is 2.58. The molecule has 0 saturated carbocycles. The molecule has 0 fully saturated rings. The molecule has 2 aromatic rings. The molecule has 0 aliphatic carbocycles. The van der Waals surface area contributed by atoms with Gasteiger partial charge in [-0.1, -0.05) is 24.3 Å². The van der Waals surface area contributed by atoms with Crippen LogP contribution in [-0.4, -0.2) is 30.8 Å². The van der Waals surface area contributed by atoms with E-state index >= 15 is 0 Å². The number of hydrogen-bond donors (Lipinski definition) is 3. The van der Waals surface area contributed by atoms with Crippen molar-refractivity contribution in [1.82, 2.24) is 10.6 Å². The number of hydrogen-bond acceptors (Lipinski definition) is 3. The molecule has 2 rings (SSSR count). The third kappa shape index (κ3) is 7.63. The van der Waals surface area contributed by atoms with E-state index in [1.54, 1.807) is 12.1 Å². The zero-order valence-electron chi connectivity index (χ0n) is 16.5. The van der Waals surface area contributed by atoms with Gasteiger partial charge in [0.1, 0.15) is 11.6 Å². The lowest BCUT2D eigenvalue weighted by Gasteiger charge is -2.16. The highest BCUT2D eigenvalue weighted by atomic mass is 127. The van der Waals surface area contributed by atoms with Gasteiger partial charge in [-0.3, -0.25) is 0 Å². The first kappa shape index (κ1) is 24.2. The summed E-state index contributed by atoms with van der Waals surface area (Å²) < 4.78 is 18.7. The second-order valence-electron chi connectivity index (χ2n) is 6.19. The van der Waals surface area contributed by atoms with E-state index in [4.69, 9.17) is 4.74 Å². The molecule has 154 valence electrons. The maximum atomic E-state index is 13.0. The predicted octanol–water partition coefficient (Wildman–Crippen LogP) is 3.94. The Morgan fingerprint density at radius 1 is 1.14 bits per heavy atom. The number of aliphatic imine (C=N–C) groups is 1. The summed E-state index contributed by atoms with van der Waals surface area (Å²) in [5, 5.41) is 16.6. The van der Waals surface area contributed by atoms with Gasteiger partial charge in [-0.2, -0.15) is 0 Å². The van der Waals surface area contributed by atoms with Crippen LogP contribution in [0, 0.1) is 12.7 Å². The third-order valence-corrected chi connectivity index (χ3v) is 3.99. The molecule has 0 radical (unpaired) electrons. The Kier molecular flexibility index (Phi) is 10.8. The summed E-state index contributed by atoms with van der Waals surface area (Å²) in [5.74, 6) is 1.11. The maximum absolute atomic E-state index is 13.0. The van der Waals surface area contributed by atoms with Crippen molar-refractivity contribution >= 4 is 29.9 Å². The van der Waals surface area contributed by atoms with E-state index in [-0.39, 0.29) is 36.3 Å². The Morgan fingerprint density at radius 3 is 2.50 bits per heavy atom. The quantitative estimate of drug-likeness (QED) is 0.291. The number of nitrogens with zero attached hydrogens (tertiary/aromatic N) is 1. The monoisotopic (exact) mass is 501 g/mol. The van der Waals surface area contributed by atoms with Crippen LogP contribution < -0.4 is 15.4 Å². The number of guanidine groups is 1. The minimum Gasteiger partial charge on any atom is -0.494 e. The van der Waals surface area contributed by atoms with Crippen molar-refractivity contribution in [3.8, 4) is 5.75 Å². The Morgan fingerprint density at radius 2 is 1.86 bits per heavy atom. The lowest BCUT2D eigenvalue weighted by Crippen LogP contribution is -2.39. The highest BCUT2D eigenvalue weighted by molar-refractivity contribution is 14.0. The fourth-order valence-corrected chi connectivity index (χ4v) is 2.58. The molecular weight excluding hydrogens is 472 g/mol. The first-order valence-electron chi connectivity index (χ1n) is 9.21. The molecule has 2 aromatic carbocycles. The van der Waals surface area contributed by atoms with Gasteiger partial charge in [-0.05, 0) is 50.1 Å². The zero-order chi connectivity index (χ0) is 19.6. The molecule has 5 nitrogen and oxygen atoms in total. The number of ether oxygens (including phenoxy) is 1. The number of aliphatic hydroxyl groups excluding tert-OH is 1. The van der Waals surface area contributed by atoms with Crippen LogP contribution >= 0.6 is 24.0 Å². The standard InChI is InChI=1S/C21H28FN3O2.HI/c1-4-23-21(25-14-19(26)16-8-10-18(22)11-9-16)24-13-17-7-6-15(3)12-20(17)27-5-2;/h6-12,19,26H,4-5,13-14H2,1-3H3,(H2,23,24,25);1H. The molecule has 7 heteroatoms. The van der Waals surface area contributed by atoms with E-state index in [1.165, 1.54) is 12.1 Å². The smallest absolute Gasteiger partial charge is 0.191 e. The van der Waals surface area contributed by atoms with Gasteiger partial charge in [0.2, 0.25) is 0 Å². The van der Waals surface area contributed by atoms with Gasteiger partial charge in [0.25, 0.3) is 0 Å². The number of halogens is 2. The summed E-state index contributed by atoms with van der Waals surface area (Å²) in [6.07, 6.45) is -0.757. The van der Waals surface area contributed by atoms with E-state index in [0.717, 1.165) is 16.9 Å². The average molecular weight is 501 g/mol. The molecular formula is C21H29FIN3O2. The van der Waals surface area contributed by atoms with Gasteiger partial charge >= 0.3 is 0 Å². The summed E-state index contributed by atoms with van der Waals surface area (Å²) in [5.41, 5.74) is 2.79. The Labute approximate surface area is 183 Å². The Bertz CT molecular complexity index is 754. The maximum Gasteiger partial charge on any atom is 0.191 e. The topological polar surface area (TPSA) is 65.9 Å². The minimum atomic E-state index is -0.757. The second kappa shape index (κ2) is 12.6. The van der Waals surface area contributed by atoms with E-state index in [2.05, 4.69) is 15.6 Å². The van der Waals surface area contributed by atoms with Crippen molar-refractivity contribution in [2.45, 2.75) is 33.4 Å². The van der Waals surface area contributed by atoms with Crippen LogP contribution in [0.1, 0.15) is 36.6 Å². The molecule has 0 saturated heterocycles. The van der Waals surface area contributed by atoms with Crippen molar-refractivity contribution in [1.29, 1.82) is 0 Å². The molecule has 1 unspecified atom stereocenters. The minimum absolute atomic E-state index is 0. The molecule has 0 spiro atoms. The van der Waals surface area contributed by atoms with Crippen molar-refractivity contribution in [2.75, 3.05) is 19.7 Å². The average Bonchev–Trinajstić information content (AvgIpc) is 2.65. The predicted molar refractivity (Wildman–Crippen MR) is 122 cm³/mol. The van der Waals surface area contributed by atoms with Crippen molar-refractivity contribution < 1.29 is 14.2 Å². The highest BCUT2D eigenvalue weighted by Crippen LogP contribution is 2.21. The molecule has 0 bridgehead atoms. The number of aliphatic hydroxyl groups is 1. The van der Waals surface area contributed by atoms with Crippen LogP contribution in [-0.2, 0) is 6.54 Å². The van der Waals surface area contributed by atoms with Gasteiger partial charge < -0.3 is 20.5 Å². The van der Waals surface area contributed by atoms with Crippen LogP contribution in [0.25, 0.3) is 0 Å². The molecule has 0 aliphatic rings. The van der Waals surface area contributed by atoms with Crippen LogP contribution in [0.5, 0.6) is 5.75 Å². The van der Waals surface area contributed by atoms with E-state index in [1.807, 2.05) is 39.0 Å². The summed E-state index contributed by atoms with van der Waals surface area (Å²) in [4.78, 5) is 4.58. The second-order valence-corrected chi connectivity index (χ2v) is 6.19. The summed E-state index contributed by atoms with van der Waals surface area (Å²) in [6.45, 7) is 7.98. The number of rotatable bonds is 8. The van der Waals surface area contributed by atoms with Gasteiger partial charge in [-0.15, -0.1) is 24.0 Å². The van der Waals surface area contributed by atoms with Crippen molar-refractivity contribution in [3.63, 3.8) is 0 Å². The van der Waals surface area contributed by atoms with Gasteiger partial charge in [0.05, 0.1) is 19.3 Å². The Hall–Kier alpha value is -1.87. The van der Waals surface area contributed by atoms with Crippen LogP contribution in [0.2, 0.25) is 0 Å². The summed E-state index contributed by atoms with van der Waals surface area (Å²) >= 11 is 0. The summed E-state index contributed by atoms with van der Waals surface area (Å²) in [6, 6.07) is 11.9. The van der Waals surface area contributed by atoms with Gasteiger partial charge in [0, 0.05) is 18.7 Å². The van der Waals surface area contributed by atoms with Gasteiger partial charge in [-0.25, -0.2) is 9.38 Å². The highest BCUT2D eigenvalue weighted by Gasteiger charge is 2.09. The van der Waals surface area contributed by atoms with Crippen LogP contribution in [0.15, 0.2) is 47.5 Å². The fraction of sp³-hybridized carbons (Fsp3) is 0.381. The normalized spacial score (nSPS) is 12.1. The number of benzene rings is 2. The lowest BCUT2D eigenvalue weighted by atomic mass is 10.1. The van der Waals surface area contributed by atoms with Crippen molar-refractivity contribution in [2.24, 2.45) is 4.99 Å². The molecule has 3 N–H and O–H groups in total. The van der Waals surface area contributed by atoms with Crippen LogP contribution in [0.4, 0.5) is 4.39 Å². The molecule has 0 aliphatic heterocycles. The largest absolute Gasteiger partial charge is 0.494 e. The van der Waals surface area contributed by atoms with Gasteiger partial charge in [0.15, 0.2) is 5.96 Å². The lowest BCUT2D eigenvalue weighted by molar-refractivity contribution is 0.180. The van der Waals surface area contributed by atoms with Crippen molar-refractivity contribution in [3.05, 3.63) is 65.0 Å². The van der Waals surface area contributed by atoms with E-state index in [0.29, 0.717) is 31.2 Å². The molecule has 1 atom stereocenters. The SMILES string of the molecule is CCNC(=NCc1ccc(C)cc1OCC)NCC(O)c1ccc(F)cc1.I. The van der Waals surface area contributed by atoms with E-state index in [9.17, 15) is 9.50 Å². The molecule has 28 heavy (non-hydrogen) atoms. The first-order chi connectivity index (χ1) is 13.0. The molecule has 0 aromatic heterocycles. The third-order valence-electron chi connectivity index (χ3n) is 3.99. The molecule has 0 amide bonds. The van der Waals surface area contributed by atoms with Crippen LogP contribution in [0.3, 0.4) is 0 Å². The molecule has 0 heterocycles. The van der Waals surface area contributed by atoms with E-state index < -0.39 is 6.10 Å². The zero-order valence-corrected chi connectivity index (χ0v) is 18.9. The Balaban J connectivity index is 0.00000392. The first-order valence-corrected chi connectivity index (χ1v) is 9.21.